The first-order valence-electron chi connectivity index (χ1n) is 12.0. The number of aliphatic hydroxyl groups is 1. The number of ether oxygens (including phenoxy) is 1. The molecule has 3 amide bonds. The van der Waals surface area contributed by atoms with Gasteiger partial charge in [-0.15, -0.1) is 0 Å². The monoisotopic (exact) mass is 529 g/mol. The predicted molar refractivity (Wildman–Crippen MR) is 129 cm³/mol. The van der Waals surface area contributed by atoms with Gasteiger partial charge < -0.3 is 25.4 Å². The lowest BCUT2D eigenvalue weighted by Gasteiger charge is -2.38. The Morgan fingerprint density at radius 2 is 1.85 bits per heavy atom. The minimum absolute atomic E-state index is 0.0145. The van der Waals surface area contributed by atoms with Crippen LogP contribution in [0.4, 0.5) is 0 Å². The van der Waals surface area contributed by atoms with Crippen LogP contribution < -0.4 is 10.6 Å². The Morgan fingerprint density at radius 1 is 1.18 bits per heavy atom. The van der Waals surface area contributed by atoms with Crippen LogP contribution >= 0.6 is 15.9 Å². The summed E-state index contributed by atoms with van der Waals surface area (Å²) in [4.78, 5) is 41.9. The van der Waals surface area contributed by atoms with Crippen molar-refractivity contribution in [2.24, 2.45) is 17.3 Å². The van der Waals surface area contributed by atoms with Crippen molar-refractivity contribution in [1.29, 1.82) is 0 Å². The fourth-order valence-corrected chi connectivity index (χ4v) is 7.42. The molecule has 3 rings (SSSR count). The fourth-order valence-electron chi connectivity index (χ4n) is 6.48. The Balaban J connectivity index is 1.94. The van der Waals surface area contributed by atoms with Crippen LogP contribution in [0, 0.1) is 17.3 Å². The molecule has 3 fully saturated rings. The molecule has 0 aromatic heterocycles. The maximum atomic E-state index is 13.8. The summed E-state index contributed by atoms with van der Waals surface area (Å²) >= 11 is 3.66. The summed E-state index contributed by atoms with van der Waals surface area (Å²) in [5.74, 6) is -1.92. The molecule has 33 heavy (non-hydrogen) atoms. The van der Waals surface area contributed by atoms with Crippen molar-refractivity contribution in [2.45, 2.75) is 94.8 Å². The average Bonchev–Trinajstić information content (AvgIpc) is 3.26. The van der Waals surface area contributed by atoms with Crippen LogP contribution in [-0.4, -0.2) is 76.0 Å². The molecule has 9 heteroatoms. The highest BCUT2D eigenvalue weighted by Gasteiger charge is 2.76. The van der Waals surface area contributed by atoms with Crippen LogP contribution in [0.25, 0.3) is 0 Å². The third kappa shape index (κ3) is 4.96. The first-order chi connectivity index (χ1) is 15.3. The van der Waals surface area contributed by atoms with Crippen molar-refractivity contribution < 1.29 is 24.2 Å². The Labute approximate surface area is 205 Å². The normalized spacial score (nSPS) is 33.4. The lowest BCUT2D eigenvalue weighted by molar-refractivity contribution is -0.142. The fraction of sp³-hybridized carbons (Fsp3) is 0.875. The summed E-state index contributed by atoms with van der Waals surface area (Å²) < 4.78 is 6.44. The van der Waals surface area contributed by atoms with Gasteiger partial charge in [0.25, 0.3) is 0 Å². The van der Waals surface area contributed by atoms with E-state index in [1.165, 1.54) is 0 Å². The number of nitrogens with one attached hydrogen (secondary N) is 2. The molecule has 0 radical (unpaired) electrons. The van der Waals surface area contributed by atoms with Gasteiger partial charge in [-0.2, -0.15) is 0 Å². The average molecular weight is 531 g/mol. The van der Waals surface area contributed by atoms with Gasteiger partial charge >= 0.3 is 0 Å². The predicted octanol–water partition coefficient (Wildman–Crippen LogP) is 1.97. The third-order valence-corrected chi connectivity index (χ3v) is 7.92. The van der Waals surface area contributed by atoms with E-state index in [2.05, 4.69) is 47.3 Å². The molecule has 188 valence electrons. The van der Waals surface area contributed by atoms with E-state index in [0.717, 1.165) is 12.8 Å². The summed E-state index contributed by atoms with van der Waals surface area (Å²) in [6.45, 7) is 10.9. The zero-order valence-electron chi connectivity index (χ0n) is 20.7. The Kier molecular flexibility index (Phi) is 7.57. The van der Waals surface area contributed by atoms with Gasteiger partial charge in [-0.3, -0.25) is 14.4 Å². The minimum Gasteiger partial charge on any atom is -0.396 e. The summed E-state index contributed by atoms with van der Waals surface area (Å²) in [6, 6.07) is -0.789. The summed E-state index contributed by atoms with van der Waals surface area (Å²) in [6.07, 6.45) is 2.92. The van der Waals surface area contributed by atoms with Gasteiger partial charge in [0.2, 0.25) is 17.7 Å². The van der Waals surface area contributed by atoms with Gasteiger partial charge in [-0.05, 0) is 51.4 Å². The first kappa shape index (κ1) is 26.4. The molecule has 3 unspecified atom stereocenters. The molecule has 0 aromatic carbocycles. The van der Waals surface area contributed by atoms with E-state index >= 15 is 0 Å². The number of carbonyl (C=O) groups excluding carboxylic acids is 3. The highest BCUT2D eigenvalue weighted by molar-refractivity contribution is 9.09. The number of nitrogens with zero attached hydrogens (tertiary/aromatic N) is 1. The van der Waals surface area contributed by atoms with E-state index in [4.69, 9.17) is 9.84 Å². The van der Waals surface area contributed by atoms with Crippen LogP contribution in [0.3, 0.4) is 0 Å². The van der Waals surface area contributed by atoms with Crippen molar-refractivity contribution in [2.75, 3.05) is 20.2 Å². The highest BCUT2D eigenvalue weighted by atomic mass is 79.9. The highest BCUT2D eigenvalue weighted by Crippen LogP contribution is 2.60. The topological polar surface area (TPSA) is 108 Å². The molecule has 3 aliphatic rings. The first-order valence-corrected chi connectivity index (χ1v) is 13.0. The Morgan fingerprint density at radius 3 is 2.42 bits per heavy atom. The molecular formula is C24H40BrN3O5. The lowest BCUT2D eigenvalue weighted by atomic mass is 9.70. The van der Waals surface area contributed by atoms with Crippen LogP contribution in [0.5, 0.6) is 0 Å². The van der Waals surface area contributed by atoms with Gasteiger partial charge in [0, 0.05) is 30.6 Å². The van der Waals surface area contributed by atoms with E-state index in [-0.39, 0.29) is 34.6 Å². The number of fused-ring (bicyclic) bond motifs is 1. The second-order valence-electron chi connectivity index (χ2n) is 11.7. The SMILES string of the molecule is CNC(=O)[C@H]1[C@H]2C(=O)N(CCCCCO)C(C(=O)NC(C)(C)CC(C)(C)C)C23CC(Br)[C@@H]1O3. The molecule has 2 bridgehead atoms. The smallest absolute Gasteiger partial charge is 0.246 e. The Hall–Kier alpha value is -1.19. The molecule has 3 N–H and O–H groups in total. The zero-order chi connectivity index (χ0) is 24.8. The van der Waals surface area contributed by atoms with Crippen molar-refractivity contribution in [1.82, 2.24) is 15.5 Å². The van der Waals surface area contributed by atoms with E-state index < -0.39 is 35.1 Å². The molecule has 3 heterocycles. The van der Waals surface area contributed by atoms with E-state index in [0.29, 0.717) is 25.8 Å². The van der Waals surface area contributed by atoms with E-state index in [1.54, 1.807) is 11.9 Å². The van der Waals surface area contributed by atoms with Gasteiger partial charge in [0.1, 0.15) is 11.6 Å². The van der Waals surface area contributed by atoms with E-state index in [9.17, 15) is 14.4 Å². The van der Waals surface area contributed by atoms with Crippen molar-refractivity contribution in [3.05, 3.63) is 0 Å². The summed E-state index contributed by atoms with van der Waals surface area (Å²) in [5, 5.41) is 15.0. The standard InChI is InChI=1S/C24H40BrN3O5/c1-22(2,3)13-23(4,5)27-20(31)18-24-12-14(25)17(33-24)15(19(30)26-6)16(24)21(32)28(18)10-8-7-9-11-29/h14-18,29H,7-13H2,1-6H3,(H,26,30)(H,27,31)/t14?,15-,16-,17-,18?,24?/m0/s1. The number of hydrogen-bond acceptors (Lipinski definition) is 5. The largest absolute Gasteiger partial charge is 0.396 e. The third-order valence-electron chi connectivity index (χ3n) is 7.08. The van der Waals surface area contributed by atoms with Crippen LogP contribution in [0.15, 0.2) is 0 Å². The molecule has 8 nitrogen and oxygen atoms in total. The van der Waals surface area contributed by atoms with Crippen LogP contribution in [0.1, 0.15) is 66.7 Å². The van der Waals surface area contributed by atoms with E-state index in [1.807, 2.05) is 13.8 Å². The molecular weight excluding hydrogens is 490 g/mol. The van der Waals surface area contributed by atoms with Crippen LogP contribution in [-0.2, 0) is 19.1 Å². The second-order valence-corrected chi connectivity index (χ2v) is 12.9. The number of alkyl halides is 1. The van der Waals surface area contributed by atoms with Crippen molar-refractivity contribution in [3.63, 3.8) is 0 Å². The lowest BCUT2D eigenvalue weighted by Crippen LogP contribution is -2.59. The molecule has 6 atom stereocenters. The molecule has 0 aromatic rings. The van der Waals surface area contributed by atoms with Crippen LogP contribution in [0.2, 0.25) is 0 Å². The molecule has 1 spiro atoms. The molecule has 0 aliphatic carbocycles. The number of amides is 3. The quantitative estimate of drug-likeness (QED) is 0.312. The Bertz CT molecular complexity index is 783. The molecule has 3 aliphatic heterocycles. The maximum Gasteiger partial charge on any atom is 0.246 e. The second kappa shape index (κ2) is 9.46. The van der Waals surface area contributed by atoms with Gasteiger partial charge in [-0.25, -0.2) is 0 Å². The number of unbranched alkanes of at least 4 members (excludes halogenated alkanes) is 2. The number of likely N-dealkylation sites (tertiary alicyclic amines) is 1. The van der Waals surface area contributed by atoms with Gasteiger partial charge in [0.05, 0.1) is 17.9 Å². The molecule has 0 saturated carbocycles. The van der Waals surface area contributed by atoms with Crippen molar-refractivity contribution in [3.8, 4) is 0 Å². The number of rotatable bonds is 9. The van der Waals surface area contributed by atoms with Gasteiger partial charge in [-0.1, -0.05) is 36.7 Å². The number of hydrogen-bond donors (Lipinski definition) is 3. The zero-order valence-corrected chi connectivity index (χ0v) is 22.3. The number of aliphatic hydroxyl groups excluding tert-OH is 1. The van der Waals surface area contributed by atoms with Crippen molar-refractivity contribution >= 4 is 33.7 Å². The number of carbonyl (C=O) groups is 3. The van der Waals surface area contributed by atoms with Gasteiger partial charge in [0.15, 0.2) is 0 Å². The summed E-state index contributed by atoms with van der Waals surface area (Å²) in [7, 11) is 1.57. The summed E-state index contributed by atoms with van der Waals surface area (Å²) in [5.41, 5.74) is -1.48. The molecule has 3 saturated heterocycles. The maximum absolute atomic E-state index is 13.8. The number of halogens is 1. The minimum atomic E-state index is -1.02.